The van der Waals surface area contributed by atoms with Crippen molar-refractivity contribution in [2.24, 2.45) is 28.6 Å². The summed E-state index contributed by atoms with van der Waals surface area (Å²) in [6.45, 7) is 4.81. The van der Waals surface area contributed by atoms with Gasteiger partial charge in [-0.15, -0.1) is 0 Å². The van der Waals surface area contributed by atoms with Crippen LogP contribution in [0, 0.1) is 28.6 Å². The van der Waals surface area contributed by atoms with Gasteiger partial charge in [0.25, 0.3) is 0 Å². The quantitative estimate of drug-likeness (QED) is 0.753. The van der Waals surface area contributed by atoms with E-state index in [9.17, 15) is 13.2 Å². The minimum atomic E-state index is -3.37. The van der Waals surface area contributed by atoms with Crippen LogP contribution in [0.25, 0.3) is 0 Å². The summed E-state index contributed by atoms with van der Waals surface area (Å²) in [5, 5.41) is 6.21. The van der Waals surface area contributed by atoms with Crippen molar-refractivity contribution in [3.63, 3.8) is 0 Å². The normalized spacial score (nSPS) is 51.0. The lowest BCUT2D eigenvalue weighted by Crippen LogP contribution is -2.65. The van der Waals surface area contributed by atoms with Crippen molar-refractivity contribution in [2.75, 3.05) is 6.26 Å². The fourth-order valence-corrected chi connectivity index (χ4v) is 9.02. The number of fused-ring (bicyclic) bond motifs is 5. The number of rotatable bonds is 3. The van der Waals surface area contributed by atoms with Crippen LogP contribution in [0.5, 0.6) is 0 Å². The number of sulfone groups is 1. The molecule has 1 saturated heterocycles. The number of carbonyl (C=O) groups excluding carboxylic acids is 1. The summed E-state index contributed by atoms with van der Waals surface area (Å²) < 4.78 is 24.6. The first kappa shape index (κ1) is 19.3. The minimum absolute atomic E-state index is 0.0894. The van der Waals surface area contributed by atoms with Crippen LogP contribution in [0.1, 0.15) is 71.6 Å². The van der Waals surface area contributed by atoms with E-state index >= 15 is 0 Å². The van der Waals surface area contributed by atoms with Gasteiger partial charge in [-0.1, -0.05) is 13.8 Å². The van der Waals surface area contributed by atoms with E-state index in [1.807, 2.05) is 0 Å². The second-order valence-corrected chi connectivity index (χ2v) is 13.4. The second-order valence-electron chi connectivity index (χ2n) is 11.2. The van der Waals surface area contributed by atoms with Gasteiger partial charge in [0.15, 0.2) is 9.84 Å². The van der Waals surface area contributed by atoms with Crippen molar-refractivity contribution in [1.29, 1.82) is 0 Å². The van der Waals surface area contributed by atoms with Crippen LogP contribution in [0.3, 0.4) is 0 Å². The summed E-state index contributed by atoms with van der Waals surface area (Å²) in [6, 6.07) is 1.56. The lowest BCUT2D eigenvalue weighted by atomic mass is 9.47. The molecule has 5 fully saturated rings. The summed E-state index contributed by atoms with van der Waals surface area (Å²) in [7, 11) is -3.37. The van der Waals surface area contributed by atoms with Crippen LogP contribution < -0.4 is 10.6 Å². The zero-order chi connectivity index (χ0) is 19.9. The molecule has 5 nitrogen and oxygen atoms in total. The van der Waals surface area contributed by atoms with Gasteiger partial charge in [-0.2, -0.15) is 0 Å². The molecule has 2 N–H and O–H groups in total. The number of amides is 1. The van der Waals surface area contributed by atoms with Crippen LogP contribution in [0.15, 0.2) is 0 Å². The van der Waals surface area contributed by atoms with Gasteiger partial charge in [-0.05, 0) is 86.4 Å². The number of piperidine rings is 1. The van der Waals surface area contributed by atoms with Gasteiger partial charge < -0.3 is 10.6 Å². The molecule has 5 aliphatic rings. The third kappa shape index (κ3) is 2.80. The average Bonchev–Trinajstić information content (AvgIpc) is 3.36. The Labute approximate surface area is 169 Å². The van der Waals surface area contributed by atoms with Gasteiger partial charge in [0.05, 0.1) is 0 Å². The molecule has 1 amide bonds. The van der Waals surface area contributed by atoms with Gasteiger partial charge in [-0.25, -0.2) is 8.42 Å². The fourth-order valence-electron chi connectivity index (χ4n) is 7.90. The maximum absolute atomic E-state index is 12.5. The zero-order valence-corrected chi connectivity index (χ0v) is 18.4. The first-order chi connectivity index (χ1) is 13.1. The van der Waals surface area contributed by atoms with Gasteiger partial charge in [0, 0.05) is 24.4 Å². The first-order valence-corrected chi connectivity index (χ1v) is 13.3. The van der Waals surface area contributed by atoms with E-state index < -0.39 is 15.1 Å². The zero-order valence-electron chi connectivity index (χ0n) is 17.5. The van der Waals surface area contributed by atoms with Crippen molar-refractivity contribution < 1.29 is 13.2 Å². The molecule has 0 bridgehead atoms. The van der Waals surface area contributed by atoms with Gasteiger partial charge in [0.1, 0.15) is 5.25 Å². The fraction of sp³-hybridized carbons (Fsp3) is 0.955. The molecule has 28 heavy (non-hydrogen) atoms. The molecular weight excluding hydrogens is 372 g/mol. The van der Waals surface area contributed by atoms with E-state index in [-0.39, 0.29) is 17.4 Å². The second kappa shape index (κ2) is 6.19. The molecule has 0 radical (unpaired) electrons. The molecular formula is C22H36N2O3S. The van der Waals surface area contributed by atoms with E-state index in [1.54, 1.807) is 0 Å². The lowest BCUT2D eigenvalue weighted by Gasteiger charge is -2.60. The number of hydrogen-bond acceptors (Lipinski definition) is 4. The number of hydrogen-bond donors (Lipinski definition) is 2. The Bertz CT molecular complexity index is 779. The van der Waals surface area contributed by atoms with Crippen molar-refractivity contribution in [3.8, 4) is 0 Å². The number of nitrogens with one attached hydrogen (secondary N) is 2. The Kier molecular flexibility index (Phi) is 4.28. The monoisotopic (exact) mass is 408 g/mol. The van der Waals surface area contributed by atoms with Crippen LogP contribution in [-0.2, 0) is 14.6 Å². The molecule has 0 unspecified atom stereocenters. The standard InChI is InChI=1S/C22H36N2O3S/c1-21-11-10-16-14(15(21)7-9-18(21)23-13-4-5-13)6-8-19-22(16,2)12-17(20(25)24-19)28(3,26)27/h13-19,23H,4-12H2,1-3H3,(H,24,25)/t14-,15-,16-,17+,18-,19+,21-,22+/m0/s1. The minimum Gasteiger partial charge on any atom is -0.352 e. The summed E-state index contributed by atoms with van der Waals surface area (Å²) in [4.78, 5) is 12.5. The number of carbonyl (C=O) groups is 1. The summed E-state index contributed by atoms with van der Waals surface area (Å²) in [5.41, 5.74) is 0.301. The van der Waals surface area contributed by atoms with E-state index in [0.29, 0.717) is 29.7 Å². The molecule has 4 aliphatic carbocycles. The van der Waals surface area contributed by atoms with Crippen molar-refractivity contribution in [2.45, 2.75) is 95.0 Å². The summed E-state index contributed by atoms with van der Waals surface area (Å²) >= 11 is 0. The molecule has 5 rings (SSSR count). The SMILES string of the molecule is C[C@]12C[C@@H](S(C)(=O)=O)C(=O)N[C@@H]1CC[C@@H]1[C@@H]2CC[C@]2(C)[C@@H](NC3CC3)CC[C@@H]12. The summed E-state index contributed by atoms with van der Waals surface area (Å²) in [5.74, 6) is 1.70. The maximum Gasteiger partial charge on any atom is 0.238 e. The molecule has 0 aromatic rings. The molecule has 0 spiro atoms. The van der Waals surface area contributed by atoms with Crippen molar-refractivity contribution >= 4 is 15.7 Å². The van der Waals surface area contributed by atoms with E-state index in [0.717, 1.165) is 18.4 Å². The molecule has 1 aliphatic heterocycles. The first-order valence-electron chi connectivity index (χ1n) is 11.4. The Hall–Kier alpha value is -0.620. The van der Waals surface area contributed by atoms with Gasteiger partial charge in [0.2, 0.25) is 5.91 Å². The van der Waals surface area contributed by atoms with Crippen molar-refractivity contribution in [1.82, 2.24) is 10.6 Å². The maximum atomic E-state index is 12.5. The third-order valence-electron chi connectivity index (χ3n) is 9.63. The molecule has 8 atom stereocenters. The smallest absolute Gasteiger partial charge is 0.238 e. The predicted octanol–water partition coefficient (Wildman–Crippen LogP) is 2.65. The van der Waals surface area contributed by atoms with Crippen molar-refractivity contribution in [3.05, 3.63) is 0 Å². The average molecular weight is 409 g/mol. The Balaban J connectivity index is 1.42. The van der Waals surface area contributed by atoms with E-state index in [1.165, 1.54) is 51.2 Å². The van der Waals surface area contributed by atoms with Crippen LogP contribution >= 0.6 is 0 Å². The van der Waals surface area contributed by atoms with Gasteiger partial charge in [-0.3, -0.25) is 4.79 Å². The molecule has 4 saturated carbocycles. The predicted molar refractivity (Wildman–Crippen MR) is 110 cm³/mol. The molecule has 0 aromatic carbocycles. The Morgan fingerprint density at radius 1 is 0.964 bits per heavy atom. The van der Waals surface area contributed by atoms with E-state index in [2.05, 4.69) is 24.5 Å². The van der Waals surface area contributed by atoms with Gasteiger partial charge >= 0.3 is 0 Å². The van der Waals surface area contributed by atoms with Crippen LogP contribution in [-0.4, -0.2) is 44.0 Å². The topological polar surface area (TPSA) is 75.3 Å². The summed E-state index contributed by atoms with van der Waals surface area (Å²) in [6.07, 6.45) is 11.6. The molecule has 158 valence electrons. The highest BCUT2D eigenvalue weighted by atomic mass is 32.2. The highest BCUT2D eigenvalue weighted by Crippen LogP contribution is 2.64. The lowest BCUT2D eigenvalue weighted by molar-refractivity contribution is -0.135. The molecule has 0 aromatic heterocycles. The van der Waals surface area contributed by atoms with Crippen LogP contribution in [0.2, 0.25) is 0 Å². The largest absolute Gasteiger partial charge is 0.352 e. The molecule has 1 heterocycles. The Morgan fingerprint density at radius 2 is 1.68 bits per heavy atom. The molecule has 6 heteroatoms. The van der Waals surface area contributed by atoms with E-state index in [4.69, 9.17) is 0 Å². The Morgan fingerprint density at radius 3 is 2.36 bits per heavy atom. The highest BCUT2D eigenvalue weighted by Gasteiger charge is 2.62. The highest BCUT2D eigenvalue weighted by molar-refractivity contribution is 7.92. The third-order valence-corrected chi connectivity index (χ3v) is 11.0. The van der Waals surface area contributed by atoms with Crippen LogP contribution in [0.4, 0.5) is 0 Å².